The van der Waals surface area contributed by atoms with Gasteiger partial charge in [-0.15, -0.1) is 11.8 Å². The van der Waals surface area contributed by atoms with Crippen LogP contribution < -0.4 is 0 Å². The third-order valence-corrected chi connectivity index (χ3v) is 4.08. The first-order valence-corrected chi connectivity index (χ1v) is 7.11. The summed E-state index contributed by atoms with van der Waals surface area (Å²) in [6.07, 6.45) is 5.29. The Morgan fingerprint density at radius 2 is 2.22 bits per heavy atom. The molecular formula is C14H17NO2S. The monoisotopic (exact) mass is 263 g/mol. The summed E-state index contributed by atoms with van der Waals surface area (Å²) in [6.45, 7) is 0.578. The minimum absolute atomic E-state index is 0.190. The van der Waals surface area contributed by atoms with Crippen LogP contribution in [0.5, 0.6) is 0 Å². The van der Waals surface area contributed by atoms with E-state index in [0.29, 0.717) is 13.0 Å². The fourth-order valence-electron chi connectivity index (χ4n) is 1.54. The molecule has 0 spiro atoms. The molecule has 1 N–H and O–H groups in total. The molecule has 0 aromatic heterocycles. The van der Waals surface area contributed by atoms with E-state index >= 15 is 0 Å². The van der Waals surface area contributed by atoms with Crippen molar-refractivity contribution in [2.45, 2.75) is 35.8 Å². The number of aliphatic carboxylic acids is 1. The van der Waals surface area contributed by atoms with E-state index in [1.165, 1.54) is 17.7 Å². The Balaban J connectivity index is 1.86. The van der Waals surface area contributed by atoms with Crippen molar-refractivity contribution < 1.29 is 9.90 Å². The van der Waals surface area contributed by atoms with E-state index in [9.17, 15) is 4.79 Å². The second kappa shape index (κ2) is 6.59. The van der Waals surface area contributed by atoms with Crippen molar-refractivity contribution in [1.82, 2.24) is 0 Å². The molecule has 0 aliphatic heterocycles. The van der Waals surface area contributed by atoms with Crippen molar-refractivity contribution in [3.63, 3.8) is 0 Å². The Morgan fingerprint density at radius 3 is 2.94 bits per heavy atom. The molecule has 18 heavy (non-hydrogen) atoms. The molecule has 3 nitrogen and oxygen atoms in total. The average molecular weight is 263 g/mol. The molecule has 1 fully saturated rings. The van der Waals surface area contributed by atoms with Gasteiger partial charge in [-0.05, 0) is 25.3 Å². The van der Waals surface area contributed by atoms with Crippen LogP contribution in [0.2, 0.25) is 0 Å². The number of rotatable bonds is 7. The lowest BCUT2D eigenvalue weighted by Crippen LogP contribution is -1.96. The molecule has 0 bridgehead atoms. The van der Waals surface area contributed by atoms with Crippen molar-refractivity contribution in [2.24, 2.45) is 4.99 Å². The van der Waals surface area contributed by atoms with E-state index < -0.39 is 5.97 Å². The summed E-state index contributed by atoms with van der Waals surface area (Å²) in [4.78, 5) is 15.9. The summed E-state index contributed by atoms with van der Waals surface area (Å²) in [5.74, 6) is -0.755. The van der Waals surface area contributed by atoms with Gasteiger partial charge in [0.2, 0.25) is 0 Å². The molecule has 1 aromatic carbocycles. The lowest BCUT2D eigenvalue weighted by atomic mass is 10.2. The maximum Gasteiger partial charge on any atom is 0.303 e. The highest BCUT2D eigenvalue weighted by Crippen LogP contribution is 2.39. The fourth-order valence-corrected chi connectivity index (χ4v) is 2.69. The number of aliphatic imine (C=N–C) groups is 1. The summed E-state index contributed by atoms with van der Waals surface area (Å²) in [6, 6.07) is 8.25. The van der Waals surface area contributed by atoms with E-state index in [2.05, 4.69) is 17.1 Å². The largest absolute Gasteiger partial charge is 0.481 e. The van der Waals surface area contributed by atoms with Crippen molar-refractivity contribution in [2.75, 3.05) is 6.54 Å². The standard InChI is InChI=1S/C14H17NO2S/c16-14(17)6-3-9-15-10-11-4-1-2-5-13(11)18-12-7-8-12/h1-2,4-5,10,12H,3,6-9H2,(H,16,17). The van der Waals surface area contributed by atoms with Crippen LogP contribution >= 0.6 is 11.8 Å². The minimum Gasteiger partial charge on any atom is -0.481 e. The molecule has 1 aromatic rings. The van der Waals surface area contributed by atoms with Crippen molar-refractivity contribution in [3.8, 4) is 0 Å². The van der Waals surface area contributed by atoms with Crippen LogP contribution in [-0.2, 0) is 4.79 Å². The van der Waals surface area contributed by atoms with Crippen molar-refractivity contribution in [3.05, 3.63) is 29.8 Å². The van der Waals surface area contributed by atoms with Gasteiger partial charge in [0.1, 0.15) is 0 Å². The van der Waals surface area contributed by atoms with Gasteiger partial charge in [0, 0.05) is 34.9 Å². The number of nitrogens with zero attached hydrogens (tertiary/aromatic N) is 1. The molecule has 0 heterocycles. The first-order valence-electron chi connectivity index (χ1n) is 6.23. The molecule has 0 radical (unpaired) electrons. The van der Waals surface area contributed by atoms with Gasteiger partial charge in [-0.25, -0.2) is 0 Å². The van der Waals surface area contributed by atoms with E-state index in [1.54, 1.807) is 0 Å². The zero-order chi connectivity index (χ0) is 12.8. The predicted molar refractivity (Wildman–Crippen MR) is 74.7 cm³/mol. The number of hydrogen-bond donors (Lipinski definition) is 1. The maximum atomic E-state index is 10.4. The molecule has 1 aliphatic rings. The molecule has 4 heteroatoms. The Morgan fingerprint density at radius 1 is 1.44 bits per heavy atom. The lowest BCUT2D eigenvalue weighted by Gasteiger charge is -2.03. The number of benzene rings is 1. The highest BCUT2D eigenvalue weighted by Gasteiger charge is 2.23. The number of hydrogen-bond acceptors (Lipinski definition) is 3. The Hall–Kier alpha value is -1.29. The minimum atomic E-state index is -0.755. The van der Waals surface area contributed by atoms with Crippen LogP contribution in [0.3, 0.4) is 0 Å². The van der Waals surface area contributed by atoms with Gasteiger partial charge >= 0.3 is 5.97 Å². The molecule has 0 atom stereocenters. The van der Waals surface area contributed by atoms with Gasteiger partial charge in [0.05, 0.1) is 0 Å². The summed E-state index contributed by atoms with van der Waals surface area (Å²) in [5, 5.41) is 9.31. The number of thioether (sulfide) groups is 1. The highest BCUT2D eigenvalue weighted by atomic mass is 32.2. The summed E-state index contributed by atoms with van der Waals surface area (Å²) in [7, 11) is 0. The molecule has 1 aliphatic carbocycles. The Labute approximate surface area is 111 Å². The van der Waals surface area contributed by atoms with E-state index in [-0.39, 0.29) is 6.42 Å². The van der Waals surface area contributed by atoms with E-state index in [0.717, 1.165) is 10.8 Å². The molecule has 0 unspecified atom stereocenters. The number of carboxylic acids is 1. The Kier molecular flexibility index (Phi) is 4.81. The first-order chi connectivity index (χ1) is 8.75. The molecule has 96 valence electrons. The molecule has 0 saturated heterocycles. The number of carbonyl (C=O) groups is 1. The molecule has 1 saturated carbocycles. The van der Waals surface area contributed by atoms with Crippen molar-refractivity contribution >= 4 is 23.9 Å². The van der Waals surface area contributed by atoms with Crippen LogP contribution in [0.25, 0.3) is 0 Å². The predicted octanol–water partition coefficient (Wildman–Crippen LogP) is 3.22. The zero-order valence-electron chi connectivity index (χ0n) is 10.2. The van der Waals surface area contributed by atoms with E-state index in [4.69, 9.17) is 5.11 Å². The topological polar surface area (TPSA) is 49.7 Å². The van der Waals surface area contributed by atoms with Crippen LogP contribution in [0, 0.1) is 0 Å². The first kappa shape index (κ1) is 13.1. The van der Waals surface area contributed by atoms with Gasteiger partial charge in [0.25, 0.3) is 0 Å². The quantitative estimate of drug-likeness (QED) is 0.607. The van der Waals surface area contributed by atoms with Crippen LogP contribution in [0.4, 0.5) is 0 Å². The highest BCUT2D eigenvalue weighted by molar-refractivity contribution is 8.00. The van der Waals surface area contributed by atoms with Gasteiger partial charge in [-0.2, -0.15) is 0 Å². The molecular weight excluding hydrogens is 246 g/mol. The van der Waals surface area contributed by atoms with Gasteiger partial charge < -0.3 is 5.11 Å². The molecule has 2 rings (SSSR count). The maximum absolute atomic E-state index is 10.4. The summed E-state index contributed by atoms with van der Waals surface area (Å²) >= 11 is 1.92. The Bertz CT molecular complexity index is 441. The van der Waals surface area contributed by atoms with Crippen LogP contribution in [0.1, 0.15) is 31.2 Å². The third kappa shape index (κ3) is 4.53. The fraction of sp³-hybridized carbons (Fsp3) is 0.429. The summed E-state index contributed by atoms with van der Waals surface area (Å²) < 4.78 is 0. The second-order valence-corrected chi connectivity index (χ2v) is 5.73. The van der Waals surface area contributed by atoms with Crippen molar-refractivity contribution in [1.29, 1.82) is 0 Å². The third-order valence-electron chi connectivity index (χ3n) is 2.65. The van der Waals surface area contributed by atoms with Gasteiger partial charge in [0.15, 0.2) is 0 Å². The van der Waals surface area contributed by atoms with Gasteiger partial charge in [-0.3, -0.25) is 9.79 Å². The molecule has 0 amide bonds. The second-order valence-electron chi connectivity index (χ2n) is 4.39. The normalized spacial score (nSPS) is 15.1. The number of carboxylic acid groups (broad SMARTS) is 1. The SMILES string of the molecule is O=C(O)CCCN=Cc1ccccc1SC1CC1. The van der Waals surface area contributed by atoms with Gasteiger partial charge in [-0.1, -0.05) is 18.2 Å². The lowest BCUT2D eigenvalue weighted by molar-refractivity contribution is -0.137. The van der Waals surface area contributed by atoms with Crippen LogP contribution in [0.15, 0.2) is 34.2 Å². The smallest absolute Gasteiger partial charge is 0.303 e. The average Bonchev–Trinajstić information content (AvgIpc) is 3.14. The summed E-state index contributed by atoms with van der Waals surface area (Å²) in [5.41, 5.74) is 1.14. The zero-order valence-corrected chi connectivity index (χ0v) is 11.0. The van der Waals surface area contributed by atoms with E-state index in [1.807, 2.05) is 30.1 Å². The van der Waals surface area contributed by atoms with Crippen LogP contribution in [-0.4, -0.2) is 29.1 Å².